The maximum absolute atomic E-state index is 14.1. The van der Waals surface area contributed by atoms with Gasteiger partial charge in [0.2, 0.25) is 0 Å². The molecule has 0 aromatic heterocycles. The molecule has 7 heteroatoms. The van der Waals surface area contributed by atoms with Gasteiger partial charge < -0.3 is 14.6 Å². The fourth-order valence-corrected chi connectivity index (χ4v) is 2.61. The van der Waals surface area contributed by atoms with Crippen LogP contribution in [0.3, 0.4) is 0 Å². The molecule has 0 spiro atoms. The summed E-state index contributed by atoms with van der Waals surface area (Å²) in [5.41, 5.74) is -3.97. The maximum Gasteiger partial charge on any atom is 0.312 e. The van der Waals surface area contributed by atoms with Crippen LogP contribution in [0.1, 0.15) is 48.0 Å². The van der Waals surface area contributed by atoms with Gasteiger partial charge in [-0.15, -0.1) is 0 Å². The van der Waals surface area contributed by atoms with Crippen LogP contribution in [0.5, 0.6) is 0 Å². The van der Waals surface area contributed by atoms with Crippen molar-refractivity contribution in [1.29, 1.82) is 0 Å². The van der Waals surface area contributed by atoms with E-state index in [0.717, 1.165) is 11.8 Å². The molecule has 1 aliphatic heterocycles. The molecule has 0 aliphatic carbocycles. The number of aliphatic hydroxyl groups excluding tert-OH is 1. The van der Waals surface area contributed by atoms with Crippen LogP contribution in [0.2, 0.25) is 0 Å². The van der Waals surface area contributed by atoms with Crippen molar-refractivity contribution >= 4 is 23.7 Å². The standard InChI is InChI=1S/C15H25FO5S/c1-7-15(5,6)13(19)21-11-9(8(16)10(17)22-11)20-12(18)14(2,3)4/h8-11,17H,7H2,1-6H3/t8-,9-,10?,11+/m0/s1. The van der Waals surface area contributed by atoms with E-state index in [2.05, 4.69) is 0 Å². The summed E-state index contributed by atoms with van der Waals surface area (Å²) in [6.07, 6.45) is -2.54. The van der Waals surface area contributed by atoms with Crippen molar-refractivity contribution in [3.63, 3.8) is 0 Å². The molecule has 1 rings (SSSR count). The first kappa shape index (κ1) is 19.2. The van der Waals surface area contributed by atoms with Crippen molar-refractivity contribution in [2.75, 3.05) is 0 Å². The molecule has 0 amide bonds. The summed E-state index contributed by atoms with van der Waals surface area (Å²) in [7, 11) is 0. The van der Waals surface area contributed by atoms with E-state index in [4.69, 9.17) is 9.47 Å². The summed E-state index contributed by atoms with van der Waals surface area (Å²) < 4.78 is 24.5. The molecule has 4 atom stereocenters. The van der Waals surface area contributed by atoms with Gasteiger partial charge >= 0.3 is 11.9 Å². The van der Waals surface area contributed by atoms with E-state index in [1.165, 1.54) is 0 Å². The largest absolute Gasteiger partial charge is 0.454 e. The summed E-state index contributed by atoms with van der Waals surface area (Å²) in [4.78, 5) is 24.1. The molecular weight excluding hydrogens is 311 g/mol. The van der Waals surface area contributed by atoms with Crippen LogP contribution < -0.4 is 0 Å². The molecule has 22 heavy (non-hydrogen) atoms. The Balaban J connectivity index is 2.84. The van der Waals surface area contributed by atoms with Gasteiger partial charge in [-0.2, -0.15) is 0 Å². The van der Waals surface area contributed by atoms with Crippen LogP contribution in [0.4, 0.5) is 4.39 Å². The number of esters is 2. The molecule has 128 valence electrons. The SMILES string of the molecule is CCC(C)(C)C(=O)O[C@@H]1SC(O)[C@@H](F)[C@@H]1OC(=O)C(C)(C)C. The summed E-state index contributed by atoms with van der Waals surface area (Å²) in [5, 5.41) is 9.63. The normalized spacial score (nSPS) is 29.3. The quantitative estimate of drug-likeness (QED) is 0.796. The van der Waals surface area contributed by atoms with Gasteiger partial charge in [0.05, 0.1) is 10.8 Å². The van der Waals surface area contributed by atoms with E-state index in [9.17, 15) is 19.1 Å². The zero-order valence-electron chi connectivity index (χ0n) is 13.9. The number of rotatable bonds is 4. The molecule has 1 fully saturated rings. The topological polar surface area (TPSA) is 72.8 Å². The van der Waals surface area contributed by atoms with Crippen LogP contribution >= 0.6 is 11.8 Å². The Kier molecular flexibility index (Phi) is 5.89. The summed E-state index contributed by atoms with van der Waals surface area (Å²) in [6, 6.07) is 0. The number of aliphatic hydroxyl groups is 1. The highest BCUT2D eigenvalue weighted by Crippen LogP contribution is 2.39. The van der Waals surface area contributed by atoms with Gasteiger partial charge in [-0.3, -0.25) is 9.59 Å². The predicted molar refractivity (Wildman–Crippen MR) is 81.8 cm³/mol. The minimum Gasteiger partial charge on any atom is -0.454 e. The highest BCUT2D eigenvalue weighted by molar-refractivity contribution is 8.00. The Morgan fingerprint density at radius 3 is 2.14 bits per heavy atom. The second kappa shape index (κ2) is 6.74. The third-order valence-corrected chi connectivity index (χ3v) is 4.81. The second-order valence-electron chi connectivity index (χ2n) is 7.10. The number of carbonyl (C=O) groups excluding carboxylic acids is 2. The molecule has 0 aromatic carbocycles. The van der Waals surface area contributed by atoms with Crippen LogP contribution in [-0.2, 0) is 19.1 Å². The zero-order chi connectivity index (χ0) is 17.3. The van der Waals surface area contributed by atoms with E-state index in [-0.39, 0.29) is 0 Å². The van der Waals surface area contributed by atoms with Gasteiger partial charge in [-0.25, -0.2) is 4.39 Å². The molecular formula is C15H25FO5S. The molecule has 5 nitrogen and oxygen atoms in total. The molecule has 1 N–H and O–H groups in total. The molecule has 1 heterocycles. The van der Waals surface area contributed by atoms with Gasteiger partial charge in [-0.1, -0.05) is 18.7 Å². The van der Waals surface area contributed by atoms with E-state index in [0.29, 0.717) is 6.42 Å². The molecule has 1 saturated heterocycles. The van der Waals surface area contributed by atoms with Gasteiger partial charge in [0.1, 0.15) is 5.44 Å². The smallest absolute Gasteiger partial charge is 0.312 e. The third kappa shape index (κ3) is 4.35. The van der Waals surface area contributed by atoms with Crippen LogP contribution in [0.25, 0.3) is 0 Å². The summed E-state index contributed by atoms with van der Waals surface area (Å²) >= 11 is 0.750. The first-order chi connectivity index (χ1) is 9.90. The van der Waals surface area contributed by atoms with Crippen molar-refractivity contribution in [3.8, 4) is 0 Å². The lowest BCUT2D eigenvalue weighted by Crippen LogP contribution is -2.40. The molecule has 0 radical (unpaired) electrons. The Labute approximate surface area is 134 Å². The van der Waals surface area contributed by atoms with Crippen LogP contribution in [0.15, 0.2) is 0 Å². The number of carbonyl (C=O) groups is 2. The van der Waals surface area contributed by atoms with Crippen LogP contribution in [-0.4, -0.2) is 40.2 Å². The fraction of sp³-hybridized carbons (Fsp3) is 0.867. The van der Waals surface area contributed by atoms with E-state index < -0.39 is 45.9 Å². The lowest BCUT2D eigenvalue weighted by Gasteiger charge is -2.27. The zero-order valence-corrected chi connectivity index (χ0v) is 14.7. The first-order valence-electron chi connectivity index (χ1n) is 7.30. The fourth-order valence-electron chi connectivity index (χ4n) is 1.53. The van der Waals surface area contributed by atoms with Crippen molar-refractivity contribution < 1.29 is 28.6 Å². The van der Waals surface area contributed by atoms with Gasteiger partial charge in [0.15, 0.2) is 17.7 Å². The third-order valence-electron chi connectivity index (χ3n) is 3.64. The number of ether oxygens (including phenoxy) is 2. The van der Waals surface area contributed by atoms with Gasteiger partial charge in [-0.05, 0) is 41.0 Å². The van der Waals surface area contributed by atoms with Crippen molar-refractivity contribution in [2.24, 2.45) is 10.8 Å². The van der Waals surface area contributed by atoms with Gasteiger partial charge in [0.25, 0.3) is 0 Å². The highest BCUT2D eigenvalue weighted by atomic mass is 32.2. The lowest BCUT2D eigenvalue weighted by molar-refractivity contribution is -0.175. The summed E-state index contributed by atoms with van der Waals surface area (Å²) in [5.74, 6) is -1.11. The molecule has 0 aromatic rings. The van der Waals surface area contributed by atoms with Crippen molar-refractivity contribution in [1.82, 2.24) is 0 Å². The number of hydrogen-bond acceptors (Lipinski definition) is 6. The second-order valence-corrected chi connectivity index (χ2v) is 8.32. The van der Waals surface area contributed by atoms with Crippen molar-refractivity contribution in [3.05, 3.63) is 0 Å². The molecule has 0 saturated carbocycles. The first-order valence-corrected chi connectivity index (χ1v) is 8.24. The summed E-state index contributed by atoms with van der Waals surface area (Å²) in [6.45, 7) is 10.2. The Morgan fingerprint density at radius 2 is 1.68 bits per heavy atom. The van der Waals surface area contributed by atoms with Gasteiger partial charge in [0, 0.05) is 0 Å². The van der Waals surface area contributed by atoms with Crippen LogP contribution in [0, 0.1) is 10.8 Å². The minimum atomic E-state index is -1.79. The molecule has 0 bridgehead atoms. The molecule has 1 aliphatic rings. The number of halogens is 1. The van der Waals surface area contributed by atoms with E-state index >= 15 is 0 Å². The van der Waals surface area contributed by atoms with E-state index in [1.54, 1.807) is 34.6 Å². The highest BCUT2D eigenvalue weighted by Gasteiger charge is 2.50. The van der Waals surface area contributed by atoms with E-state index in [1.807, 2.05) is 6.92 Å². The minimum absolute atomic E-state index is 0.509. The van der Waals surface area contributed by atoms with Crippen molar-refractivity contribution in [2.45, 2.75) is 71.1 Å². The average Bonchev–Trinajstić information content (AvgIpc) is 2.65. The Morgan fingerprint density at radius 1 is 1.14 bits per heavy atom. The lowest BCUT2D eigenvalue weighted by atomic mass is 9.91. The average molecular weight is 336 g/mol. The monoisotopic (exact) mass is 336 g/mol. The number of alkyl halides is 1. The Hall–Kier alpha value is -0.820. The Bertz CT molecular complexity index is 432. The maximum atomic E-state index is 14.1. The number of thioether (sulfide) groups is 1. The predicted octanol–water partition coefficient (Wildman–Crippen LogP) is 2.65. The number of hydrogen-bond donors (Lipinski definition) is 1. The molecule has 1 unspecified atom stereocenters.